The van der Waals surface area contributed by atoms with E-state index in [1.165, 1.54) is 12.1 Å². The Labute approximate surface area is 157 Å². The van der Waals surface area contributed by atoms with Crippen LogP contribution in [0.5, 0.6) is 0 Å². The highest BCUT2D eigenvalue weighted by Crippen LogP contribution is 2.36. The topological polar surface area (TPSA) is 95.6 Å². The Morgan fingerprint density at radius 3 is 2.85 bits per heavy atom. The number of nitro groups is 1. The molecule has 2 saturated heterocycles. The summed E-state index contributed by atoms with van der Waals surface area (Å²) in [5, 5.41) is 19.7. The molecule has 3 atom stereocenters. The summed E-state index contributed by atoms with van der Waals surface area (Å²) in [6.45, 7) is 6.18. The maximum atomic E-state index is 11.1. The van der Waals surface area contributed by atoms with Crippen molar-refractivity contribution in [2.75, 3.05) is 24.6 Å². The van der Waals surface area contributed by atoms with E-state index < -0.39 is 4.92 Å². The van der Waals surface area contributed by atoms with Crippen LogP contribution in [0.1, 0.15) is 20.3 Å². The Kier molecular flexibility index (Phi) is 4.35. The first kappa shape index (κ1) is 17.9. The van der Waals surface area contributed by atoms with Gasteiger partial charge in [-0.3, -0.25) is 14.7 Å². The maximum Gasteiger partial charge on any atom is 0.270 e. The number of benzene rings is 1. The van der Waals surface area contributed by atoms with E-state index in [-0.39, 0.29) is 23.5 Å². The number of anilines is 1. The third-order valence-electron chi connectivity index (χ3n) is 5.46. The molecular formula is C18H23N5O4. The molecule has 0 amide bonds. The minimum Gasteiger partial charge on any atom is -0.375 e. The van der Waals surface area contributed by atoms with Gasteiger partial charge in [0.15, 0.2) is 5.82 Å². The van der Waals surface area contributed by atoms with Crippen LogP contribution in [-0.4, -0.2) is 57.2 Å². The molecule has 1 spiro atoms. The monoisotopic (exact) mass is 373 g/mol. The standard InChI is InChI=1S/C18H23N5O4/c1-12-10-22(11-18(27-12)7-8-26-13(18)2)17-20-19-16(21(17)3)14-5-4-6-15(9-14)23(24)25/h4-6,9,12-13H,7-8,10-11H2,1-3H3/t12-,13-,18+/m1/s1. The highest BCUT2D eigenvalue weighted by atomic mass is 16.6. The number of nitro benzene ring substituents is 1. The number of morpholine rings is 1. The van der Waals surface area contributed by atoms with E-state index in [0.29, 0.717) is 31.1 Å². The van der Waals surface area contributed by atoms with Crippen molar-refractivity contribution < 1.29 is 14.4 Å². The Morgan fingerprint density at radius 1 is 1.33 bits per heavy atom. The van der Waals surface area contributed by atoms with Crippen LogP contribution in [0.4, 0.5) is 11.6 Å². The number of ether oxygens (including phenoxy) is 2. The lowest BCUT2D eigenvalue weighted by molar-refractivity contribution is -0.384. The van der Waals surface area contributed by atoms with Crippen LogP contribution >= 0.6 is 0 Å². The second kappa shape index (κ2) is 6.58. The lowest BCUT2D eigenvalue weighted by atomic mass is 9.93. The fourth-order valence-corrected chi connectivity index (χ4v) is 4.06. The molecular weight excluding hydrogens is 350 g/mol. The van der Waals surface area contributed by atoms with Crippen LogP contribution in [0.3, 0.4) is 0 Å². The smallest absolute Gasteiger partial charge is 0.270 e. The van der Waals surface area contributed by atoms with Crippen molar-refractivity contribution in [2.45, 2.75) is 38.1 Å². The third-order valence-corrected chi connectivity index (χ3v) is 5.46. The minimum atomic E-state index is -0.407. The van der Waals surface area contributed by atoms with Gasteiger partial charge in [-0.2, -0.15) is 0 Å². The van der Waals surface area contributed by atoms with Crippen molar-refractivity contribution in [1.29, 1.82) is 0 Å². The van der Waals surface area contributed by atoms with E-state index in [1.54, 1.807) is 12.1 Å². The zero-order valence-corrected chi connectivity index (χ0v) is 15.7. The summed E-state index contributed by atoms with van der Waals surface area (Å²) in [5.74, 6) is 1.32. The molecule has 2 aliphatic heterocycles. The van der Waals surface area contributed by atoms with Gasteiger partial charge >= 0.3 is 0 Å². The first-order valence-corrected chi connectivity index (χ1v) is 9.08. The first-order valence-electron chi connectivity index (χ1n) is 9.08. The summed E-state index contributed by atoms with van der Waals surface area (Å²) >= 11 is 0. The lowest BCUT2D eigenvalue weighted by Crippen LogP contribution is -2.58. The van der Waals surface area contributed by atoms with Crippen LogP contribution in [-0.2, 0) is 16.5 Å². The van der Waals surface area contributed by atoms with E-state index in [1.807, 2.05) is 11.6 Å². The molecule has 1 aromatic heterocycles. The van der Waals surface area contributed by atoms with Gasteiger partial charge in [-0.25, -0.2) is 0 Å². The van der Waals surface area contributed by atoms with Crippen molar-refractivity contribution in [3.05, 3.63) is 34.4 Å². The minimum absolute atomic E-state index is 0.0206. The SMILES string of the molecule is C[C@@H]1CN(c2nnc(-c3cccc([N+](=O)[O-])c3)n2C)C[C@]2(CCO[C@@H]2C)O1. The number of rotatable bonds is 3. The summed E-state index contributed by atoms with van der Waals surface area (Å²) in [7, 11) is 1.88. The number of aromatic nitrogens is 3. The van der Waals surface area contributed by atoms with Gasteiger partial charge in [0.2, 0.25) is 5.95 Å². The number of hydrogen-bond acceptors (Lipinski definition) is 7. The molecule has 9 nitrogen and oxygen atoms in total. The fraction of sp³-hybridized carbons (Fsp3) is 0.556. The van der Waals surface area contributed by atoms with Gasteiger partial charge in [0.1, 0.15) is 5.60 Å². The van der Waals surface area contributed by atoms with Crippen molar-refractivity contribution >= 4 is 11.6 Å². The highest BCUT2D eigenvalue weighted by Gasteiger charge is 2.48. The summed E-state index contributed by atoms with van der Waals surface area (Å²) in [4.78, 5) is 12.8. The van der Waals surface area contributed by atoms with Crippen LogP contribution in [0.25, 0.3) is 11.4 Å². The van der Waals surface area contributed by atoms with E-state index in [2.05, 4.69) is 28.9 Å². The van der Waals surface area contributed by atoms with Crippen LogP contribution in [0.15, 0.2) is 24.3 Å². The zero-order chi connectivity index (χ0) is 19.2. The van der Waals surface area contributed by atoms with Crippen molar-refractivity contribution in [1.82, 2.24) is 14.8 Å². The van der Waals surface area contributed by atoms with Gasteiger partial charge in [0, 0.05) is 44.3 Å². The molecule has 4 rings (SSSR count). The highest BCUT2D eigenvalue weighted by molar-refractivity contribution is 5.61. The molecule has 0 radical (unpaired) electrons. The van der Waals surface area contributed by atoms with Gasteiger partial charge in [-0.05, 0) is 13.8 Å². The van der Waals surface area contributed by atoms with E-state index >= 15 is 0 Å². The quantitative estimate of drug-likeness (QED) is 0.601. The molecule has 9 heteroatoms. The fourth-order valence-electron chi connectivity index (χ4n) is 4.06. The summed E-state index contributed by atoms with van der Waals surface area (Å²) < 4.78 is 13.9. The van der Waals surface area contributed by atoms with Crippen LogP contribution < -0.4 is 4.90 Å². The maximum absolute atomic E-state index is 11.1. The van der Waals surface area contributed by atoms with E-state index in [4.69, 9.17) is 9.47 Å². The number of nitrogens with zero attached hydrogens (tertiary/aromatic N) is 5. The average molecular weight is 373 g/mol. The predicted octanol–water partition coefficient (Wildman–Crippen LogP) is 2.16. The molecule has 2 fully saturated rings. The molecule has 3 heterocycles. The Morgan fingerprint density at radius 2 is 2.15 bits per heavy atom. The Hall–Kier alpha value is -2.52. The largest absolute Gasteiger partial charge is 0.375 e. The summed E-state index contributed by atoms with van der Waals surface area (Å²) in [6.07, 6.45) is 0.915. The molecule has 2 aromatic rings. The summed E-state index contributed by atoms with van der Waals surface area (Å²) in [6, 6.07) is 6.45. The molecule has 27 heavy (non-hydrogen) atoms. The average Bonchev–Trinajstić information content (AvgIpc) is 3.17. The van der Waals surface area contributed by atoms with Crippen LogP contribution in [0, 0.1) is 10.1 Å². The Bertz CT molecular complexity index is 869. The van der Waals surface area contributed by atoms with Crippen molar-refractivity contribution in [3.8, 4) is 11.4 Å². The zero-order valence-electron chi connectivity index (χ0n) is 15.7. The number of non-ortho nitro benzene ring substituents is 1. The third kappa shape index (κ3) is 3.06. The normalized spacial score (nSPS) is 28.0. The lowest BCUT2D eigenvalue weighted by Gasteiger charge is -2.45. The molecule has 0 aliphatic carbocycles. The van der Waals surface area contributed by atoms with Gasteiger partial charge in [-0.1, -0.05) is 12.1 Å². The molecule has 0 unspecified atom stereocenters. The summed E-state index contributed by atoms with van der Waals surface area (Å²) in [5.41, 5.74) is 0.363. The Balaban J connectivity index is 1.66. The van der Waals surface area contributed by atoms with Gasteiger partial charge < -0.3 is 14.4 Å². The van der Waals surface area contributed by atoms with Gasteiger partial charge in [-0.15, -0.1) is 10.2 Å². The second-order valence-electron chi connectivity index (χ2n) is 7.33. The second-order valence-corrected chi connectivity index (χ2v) is 7.33. The van der Waals surface area contributed by atoms with Gasteiger partial charge in [0.25, 0.3) is 5.69 Å². The molecule has 2 aliphatic rings. The van der Waals surface area contributed by atoms with E-state index in [0.717, 1.165) is 12.4 Å². The molecule has 0 saturated carbocycles. The molecule has 0 bridgehead atoms. The van der Waals surface area contributed by atoms with Crippen LogP contribution in [0.2, 0.25) is 0 Å². The number of hydrogen-bond donors (Lipinski definition) is 0. The van der Waals surface area contributed by atoms with Crippen molar-refractivity contribution in [3.63, 3.8) is 0 Å². The predicted molar refractivity (Wildman–Crippen MR) is 98.6 cm³/mol. The molecule has 0 N–H and O–H groups in total. The molecule has 144 valence electrons. The first-order chi connectivity index (χ1) is 12.9. The van der Waals surface area contributed by atoms with Crippen molar-refractivity contribution in [2.24, 2.45) is 7.05 Å². The van der Waals surface area contributed by atoms with Gasteiger partial charge in [0.05, 0.1) is 23.7 Å². The van der Waals surface area contributed by atoms with E-state index in [9.17, 15) is 10.1 Å². The molecule has 1 aromatic carbocycles.